The molecule has 0 aliphatic heterocycles. The van der Waals surface area contributed by atoms with Gasteiger partial charge >= 0.3 is 11.9 Å². The van der Waals surface area contributed by atoms with Crippen LogP contribution in [0.4, 0.5) is 0 Å². The van der Waals surface area contributed by atoms with Crippen LogP contribution in [0.3, 0.4) is 0 Å². The smallest absolute Gasteiger partial charge is 0.378 e. The number of carbonyl (C=O) groups excluding carboxylic acids is 2. The highest BCUT2D eigenvalue weighted by atomic mass is 16.6. The highest BCUT2D eigenvalue weighted by molar-refractivity contribution is 6.05. The summed E-state index contributed by atoms with van der Waals surface area (Å²) in [5.41, 5.74) is 1.98. The zero-order valence-corrected chi connectivity index (χ0v) is 12.7. The highest BCUT2D eigenvalue weighted by Gasteiger charge is 2.30. The summed E-state index contributed by atoms with van der Waals surface area (Å²) >= 11 is 0. The monoisotopic (exact) mass is 303 g/mol. The molecule has 6 nitrogen and oxygen atoms in total. The second-order valence-electron chi connectivity index (χ2n) is 4.54. The molecule has 0 amide bonds. The van der Waals surface area contributed by atoms with Crippen LogP contribution >= 0.6 is 0 Å². The topological polar surface area (TPSA) is 78.6 Å². The Morgan fingerprint density at radius 2 is 1.64 bits per heavy atom. The van der Waals surface area contributed by atoms with Crippen molar-refractivity contribution in [3.8, 4) is 11.3 Å². The molecule has 2 rings (SSSR count). The average molecular weight is 303 g/mol. The number of nitrogens with zero attached hydrogens (tertiary/aromatic N) is 1. The van der Waals surface area contributed by atoms with E-state index < -0.39 is 11.9 Å². The molecule has 2 aromatic rings. The van der Waals surface area contributed by atoms with Crippen molar-refractivity contribution in [3.63, 3.8) is 0 Å². The van der Waals surface area contributed by atoms with Gasteiger partial charge in [-0.3, -0.25) is 0 Å². The number of esters is 2. The van der Waals surface area contributed by atoms with Crippen LogP contribution in [0.5, 0.6) is 0 Å². The van der Waals surface area contributed by atoms with E-state index in [9.17, 15) is 9.59 Å². The maximum Gasteiger partial charge on any atom is 0.378 e. The molecule has 0 unspecified atom stereocenters. The van der Waals surface area contributed by atoms with Gasteiger partial charge in [0.05, 0.1) is 13.2 Å². The first-order valence-corrected chi connectivity index (χ1v) is 6.99. The maximum atomic E-state index is 12.2. The van der Waals surface area contributed by atoms with Crippen LogP contribution in [0.2, 0.25) is 0 Å². The molecule has 0 fully saturated rings. The minimum atomic E-state index is -0.739. The first-order valence-electron chi connectivity index (χ1n) is 6.99. The van der Waals surface area contributed by atoms with E-state index in [2.05, 4.69) is 5.16 Å². The quantitative estimate of drug-likeness (QED) is 0.790. The fourth-order valence-electron chi connectivity index (χ4n) is 1.93. The molecule has 0 saturated carbocycles. The number of hydrogen-bond donors (Lipinski definition) is 0. The molecule has 0 saturated heterocycles. The Hall–Kier alpha value is -2.63. The van der Waals surface area contributed by atoms with E-state index >= 15 is 0 Å². The fourth-order valence-corrected chi connectivity index (χ4v) is 1.93. The SMILES string of the molecule is CCOC(=O)c1onc(-c2ccc(C)cc2)c1C(=O)OCC. The molecule has 0 N–H and O–H groups in total. The van der Waals surface area contributed by atoms with Crippen LogP contribution in [0.1, 0.15) is 40.3 Å². The normalized spacial score (nSPS) is 10.3. The number of ether oxygens (including phenoxy) is 2. The Morgan fingerprint density at radius 3 is 2.23 bits per heavy atom. The number of aromatic nitrogens is 1. The van der Waals surface area contributed by atoms with Crippen LogP contribution in [-0.2, 0) is 9.47 Å². The van der Waals surface area contributed by atoms with E-state index in [4.69, 9.17) is 14.0 Å². The Morgan fingerprint density at radius 1 is 1.05 bits per heavy atom. The van der Waals surface area contributed by atoms with Crippen LogP contribution in [0, 0.1) is 6.92 Å². The molecule has 1 aromatic carbocycles. The number of carbonyl (C=O) groups is 2. The highest BCUT2D eigenvalue weighted by Crippen LogP contribution is 2.27. The summed E-state index contributed by atoms with van der Waals surface area (Å²) in [6.07, 6.45) is 0. The van der Waals surface area contributed by atoms with Gasteiger partial charge in [0.15, 0.2) is 0 Å². The average Bonchev–Trinajstić information content (AvgIpc) is 2.93. The van der Waals surface area contributed by atoms with Gasteiger partial charge in [0.25, 0.3) is 5.76 Å². The fraction of sp³-hybridized carbons (Fsp3) is 0.312. The Bertz CT molecular complexity index is 672. The lowest BCUT2D eigenvalue weighted by Crippen LogP contribution is -2.12. The van der Waals surface area contributed by atoms with Gasteiger partial charge in [-0.05, 0) is 20.8 Å². The first kappa shape index (κ1) is 15.8. The first-order chi connectivity index (χ1) is 10.6. The van der Waals surface area contributed by atoms with Crippen molar-refractivity contribution in [2.75, 3.05) is 13.2 Å². The molecule has 1 aromatic heterocycles. The lowest BCUT2D eigenvalue weighted by molar-refractivity contribution is 0.0445. The third kappa shape index (κ3) is 3.16. The van der Waals surface area contributed by atoms with Crippen molar-refractivity contribution in [1.29, 1.82) is 0 Å². The standard InChI is InChI=1S/C16H17NO5/c1-4-20-15(18)12-13(11-8-6-10(3)7-9-11)17-22-14(12)16(19)21-5-2/h6-9H,4-5H2,1-3H3. The predicted octanol–water partition coefficient (Wildman–Crippen LogP) is 3.00. The lowest BCUT2D eigenvalue weighted by Gasteiger charge is -2.04. The van der Waals surface area contributed by atoms with E-state index in [-0.39, 0.29) is 30.2 Å². The van der Waals surface area contributed by atoms with Gasteiger partial charge in [0.2, 0.25) is 0 Å². The van der Waals surface area contributed by atoms with Crippen molar-refractivity contribution < 1.29 is 23.6 Å². The summed E-state index contributed by atoms with van der Waals surface area (Å²) in [6.45, 7) is 5.64. The summed E-state index contributed by atoms with van der Waals surface area (Å²) in [4.78, 5) is 24.1. The van der Waals surface area contributed by atoms with E-state index in [0.717, 1.165) is 5.56 Å². The summed E-state index contributed by atoms with van der Waals surface area (Å²) in [5.74, 6) is -1.64. The van der Waals surface area contributed by atoms with Gasteiger partial charge in [-0.25, -0.2) is 9.59 Å². The molecule has 0 spiro atoms. The summed E-state index contributed by atoms with van der Waals surface area (Å²) in [6, 6.07) is 7.35. The van der Waals surface area contributed by atoms with Crippen molar-refractivity contribution in [1.82, 2.24) is 5.16 Å². The number of hydrogen-bond acceptors (Lipinski definition) is 6. The van der Waals surface area contributed by atoms with E-state index in [0.29, 0.717) is 5.56 Å². The van der Waals surface area contributed by atoms with Gasteiger partial charge in [-0.2, -0.15) is 0 Å². The van der Waals surface area contributed by atoms with Crippen molar-refractivity contribution in [2.24, 2.45) is 0 Å². The summed E-state index contributed by atoms with van der Waals surface area (Å²) in [5, 5.41) is 3.85. The molecule has 0 aliphatic carbocycles. The molecule has 0 bridgehead atoms. The van der Waals surface area contributed by atoms with Crippen LogP contribution in [0.15, 0.2) is 28.8 Å². The molecule has 116 valence electrons. The van der Waals surface area contributed by atoms with E-state index in [1.54, 1.807) is 26.0 Å². The minimum absolute atomic E-state index is 0.0100. The van der Waals surface area contributed by atoms with Crippen molar-refractivity contribution in [3.05, 3.63) is 41.2 Å². The third-order valence-electron chi connectivity index (χ3n) is 2.96. The molecule has 0 aliphatic rings. The number of aryl methyl sites for hydroxylation is 1. The Balaban J connectivity index is 2.52. The van der Waals surface area contributed by atoms with Crippen LogP contribution in [-0.4, -0.2) is 30.3 Å². The van der Waals surface area contributed by atoms with E-state index in [1.165, 1.54) is 0 Å². The van der Waals surface area contributed by atoms with Gasteiger partial charge in [0.1, 0.15) is 11.3 Å². The van der Waals surface area contributed by atoms with Crippen LogP contribution < -0.4 is 0 Å². The van der Waals surface area contributed by atoms with E-state index in [1.807, 2.05) is 19.1 Å². The molecular weight excluding hydrogens is 286 g/mol. The maximum absolute atomic E-state index is 12.2. The minimum Gasteiger partial charge on any atom is -0.462 e. The molecule has 0 radical (unpaired) electrons. The summed E-state index contributed by atoms with van der Waals surface area (Å²) < 4.78 is 14.9. The van der Waals surface area contributed by atoms with Gasteiger partial charge < -0.3 is 14.0 Å². The zero-order chi connectivity index (χ0) is 16.1. The van der Waals surface area contributed by atoms with Gasteiger partial charge in [-0.15, -0.1) is 0 Å². The van der Waals surface area contributed by atoms with Crippen molar-refractivity contribution >= 4 is 11.9 Å². The van der Waals surface area contributed by atoms with Gasteiger partial charge in [-0.1, -0.05) is 35.0 Å². The molecule has 1 heterocycles. The van der Waals surface area contributed by atoms with Crippen molar-refractivity contribution in [2.45, 2.75) is 20.8 Å². The predicted molar refractivity (Wildman–Crippen MR) is 78.6 cm³/mol. The Kier molecular flexibility index (Phi) is 4.93. The zero-order valence-electron chi connectivity index (χ0n) is 12.7. The Labute approximate surface area is 128 Å². The second-order valence-corrected chi connectivity index (χ2v) is 4.54. The lowest BCUT2D eigenvalue weighted by atomic mass is 10.0. The number of benzene rings is 1. The summed E-state index contributed by atoms with van der Waals surface area (Å²) in [7, 11) is 0. The molecule has 0 atom stereocenters. The van der Waals surface area contributed by atoms with Crippen LogP contribution in [0.25, 0.3) is 11.3 Å². The third-order valence-corrected chi connectivity index (χ3v) is 2.96. The second kappa shape index (κ2) is 6.89. The number of rotatable bonds is 5. The molecular formula is C16H17NO5. The van der Waals surface area contributed by atoms with Gasteiger partial charge in [0, 0.05) is 5.56 Å². The largest absolute Gasteiger partial charge is 0.462 e. The molecule has 6 heteroatoms. The molecule has 22 heavy (non-hydrogen) atoms.